The standard InChI is InChI=1S/C10H19FS/c1-3-12(2,11)9-10-7-5-4-6-8-10/h3,10H,1,4-9H2,2H3. The van der Waals surface area contributed by atoms with Crippen LogP contribution < -0.4 is 0 Å². The van der Waals surface area contributed by atoms with Crippen molar-refractivity contribution in [3.63, 3.8) is 0 Å². The van der Waals surface area contributed by atoms with Crippen LogP contribution in [0.5, 0.6) is 0 Å². The predicted molar refractivity (Wildman–Crippen MR) is 56.3 cm³/mol. The van der Waals surface area contributed by atoms with Crippen molar-refractivity contribution in [1.29, 1.82) is 0 Å². The molecule has 0 bridgehead atoms. The van der Waals surface area contributed by atoms with Crippen molar-refractivity contribution in [2.24, 2.45) is 5.92 Å². The molecule has 0 radical (unpaired) electrons. The van der Waals surface area contributed by atoms with Gasteiger partial charge in [-0.15, -0.1) is 0 Å². The van der Waals surface area contributed by atoms with Crippen LogP contribution in [0.15, 0.2) is 12.0 Å². The van der Waals surface area contributed by atoms with E-state index in [0.29, 0.717) is 5.92 Å². The second-order valence-corrected chi connectivity index (χ2v) is 6.63. The number of hydrogen-bond donors (Lipinski definition) is 0. The van der Waals surface area contributed by atoms with Crippen LogP contribution in [-0.2, 0) is 0 Å². The zero-order chi connectivity index (χ0) is 9.03. The molecule has 1 aliphatic rings. The highest BCUT2D eigenvalue weighted by atomic mass is 32.3. The molecule has 12 heavy (non-hydrogen) atoms. The molecule has 0 aliphatic heterocycles. The van der Waals surface area contributed by atoms with Gasteiger partial charge in [-0.3, -0.25) is 0 Å². The van der Waals surface area contributed by atoms with Crippen molar-refractivity contribution < 1.29 is 3.89 Å². The summed E-state index contributed by atoms with van der Waals surface area (Å²) in [5, 5.41) is 1.53. The normalized spacial score (nSPS) is 27.5. The van der Waals surface area contributed by atoms with Crippen LogP contribution in [0.1, 0.15) is 32.1 Å². The molecule has 0 amide bonds. The summed E-state index contributed by atoms with van der Waals surface area (Å²) in [5.41, 5.74) is 0. The minimum atomic E-state index is -1.96. The molecule has 0 aromatic rings. The monoisotopic (exact) mass is 190 g/mol. The molecule has 0 N–H and O–H groups in total. The first-order valence-electron chi connectivity index (χ1n) is 4.72. The lowest BCUT2D eigenvalue weighted by molar-refractivity contribution is 0.388. The Morgan fingerprint density at radius 3 is 2.50 bits per heavy atom. The molecule has 0 saturated heterocycles. The molecular weight excluding hydrogens is 171 g/mol. The summed E-state index contributed by atoms with van der Waals surface area (Å²) in [4.78, 5) is 0. The average Bonchev–Trinajstić information content (AvgIpc) is 2.06. The van der Waals surface area contributed by atoms with E-state index in [4.69, 9.17) is 0 Å². The Kier molecular flexibility index (Phi) is 3.63. The first kappa shape index (κ1) is 10.1. The topological polar surface area (TPSA) is 0 Å². The van der Waals surface area contributed by atoms with Crippen LogP contribution in [0.4, 0.5) is 3.89 Å². The Labute approximate surface area is 76.8 Å². The van der Waals surface area contributed by atoms with E-state index in [9.17, 15) is 3.89 Å². The van der Waals surface area contributed by atoms with Crippen molar-refractivity contribution in [3.05, 3.63) is 12.0 Å². The molecule has 0 aromatic carbocycles. The van der Waals surface area contributed by atoms with E-state index in [1.807, 2.05) is 0 Å². The Bertz CT molecular complexity index is 148. The smallest absolute Gasteiger partial charge is 0.00976 e. The van der Waals surface area contributed by atoms with E-state index < -0.39 is 10.4 Å². The summed E-state index contributed by atoms with van der Waals surface area (Å²) in [6.45, 7) is 3.56. The zero-order valence-corrected chi connectivity index (χ0v) is 8.71. The fourth-order valence-corrected chi connectivity index (χ4v) is 3.27. The van der Waals surface area contributed by atoms with E-state index in [-0.39, 0.29) is 0 Å². The molecule has 0 nitrogen and oxygen atoms in total. The van der Waals surface area contributed by atoms with Crippen LogP contribution in [0.3, 0.4) is 0 Å². The van der Waals surface area contributed by atoms with Gasteiger partial charge in [0.1, 0.15) is 0 Å². The maximum absolute atomic E-state index is 13.6. The molecule has 72 valence electrons. The van der Waals surface area contributed by atoms with Gasteiger partial charge in [-0.25, -0.2) is 0 Å². The van der Waals surface area contributed by atoms with Crippen LogP contribution in [-0.4, -0.2) is 12.0 Å². The summed E-state index contributed by atoms with van der Waals surface area (Å²) >= 11 is 0. The summed E-state index contributed by atoms with van der Waals surface area (Å²) in [6.07, 6.45) is 8.15. The molecule has 1 rings (SSSR count). The van der Waals surface area contributed by atoms with E-state index >= 15 is 0 Å². The summed E-state index contributed by atoms with van der Waals surface area (Å²) in [5.74, 6) is 1.40. The van der Waals surface area contributed by atoms with Gasteiger partial charge in [0.2, 0.25) is 0 Å². The number of hydrogen-bond acceptors (Lipinski definition) is 0. The predicted octanol–water partition coefficient (Wildman–Crippen LogP) is 4.03. The van der Waals surface area contributed by atoms with Gasteiger partial charge in [-0.05, 0) is 30.4 Å². The molecule has 1 atom stereocenters. The second kappa shape index (κ2) is 4.31. The van der Waals surface area contributed by atoms with E-state index in [0.717, 1.165) is 5.75 Å². The Balaban J connectivity index is 2.33. The SMILES string of the molecule is C=CS(C)(F)CC1CCCCC1. The fraction of sp³-hybridized carbons (Fsp3) is 0.800. The largest absolute Gasteiger partial charge is 0.185 e. The molecule has 0 heterocycles. The van der Waals surface area contributed by atoms with Gasteiger partial charge >= 0.3 is 0 Å². The van der Waals surface area contributed by atoms with Crippen LogP contribution in [0, 0.1) is 5.92 Å². The van der Waals surface area contributed by atoms with Crippen molar-refractivity contribution >= 4 is 10.4 Å². The second-order valence-electron chi connectivity index (χ2n) is 3.88. The van der Waals surface area contributed by atoms with Gasteiger partial charge in [-0.2, -0.15) is 3.89 Å². The minimum absolute atomic E-state index is 0.641. The van der Waals surface area contributed by atoms with Gasteiger partial charge in [0.15, 0.2) is 0 Å². The molecule has 1 fully saturated rings. The van der Waals surface area contributed by atoms with Gasteiger partial charge in [0.05, 0.1) is 0 Å². The minimum Gasteiger partial charge on any atom is -0.185 e. The van der Waals surface area contributed by atoms with Gasteiger partial charge in [0, 0.05) is 5.75 Å². The fourth-order valence-electron chi connectivity index (χ4n) is 1.88. The summed E-state index contributed by atoms with van der Waals surface area (Å²) < 4.78 is 13.6. The molecule has 2 heteroatoms. The van der Waals surface area contributed by atoms with E-state index in [2.05, 4.69) is 6.58 Å². The van der Waals surface area contributed by atoms with Crippen molar-refractivity contribution in [1.82, 2.24) is 0 Å². The van der Waals surface area contributed by atoms with E-state index in [1.54, 1.807) is 6.26 Å². The third-order valence-corrected chi connectivity index (χ3v) is 4.45. The molecule has 1 aliphatic carbocycles. The van der Waals surface area contributed by atoms with Crippen molar-refractivity contribution in [2.75, 3.05) is 12.0 Å². The lowest BCUT2D eigenvalue weighted by Crippen LogP contribution is -2.12. The third-order valence-electron chi connectivity index (χ3n) is 2.63. The molecular formula is C10H19FS. The molecule has 0 spiro atoms. The van der Waals surface area contributed by atoms with Crippen LogP contribution in [0.2, 0.25) is 0 Å². The maximum atomic E-state index is 13.6. The summed E-state index contributed by atoms with van der Waals surface area (Å²) in [6, 6.07) is 0. The highest BCUT2D eigenvalue weighted by Gasteiger charge is 2.21. The molecule has 1 saturated carbocycles. The van der Waals surface area contributed by atoms with Crippen LogP contribution in [0.25, 0.3) is 0 Å². The lowest BCUT2D eigenvalue weighted by Gasteiger charge is -2.29. The summed E-state index contributed by atoms with van der Waals surface area (Å²) in [7, 11) is -1.96. The number of halogens is 1. The Hall–Kier alpha value is 0.0200. The van der Waals surface area contributed by atoms with Gasteiger partial charge in [-0.1, -0.05) is 36.3 Å². The highest BCUT2D eigenvalue weighted by molar-refractivity contribution is 8.31. The number of rotatable bonds is 3. The quantitative estimate of drug-likeness (QED) is 0.630. The van der Waals surface area contributed by atoms with Gasteiger partial charge in [0.25, 0.3) is 0 Å². The lowest BCUT2D eigenvalue weighted by atomic mass is 9.91. The molecule has 0 aromatic heterocycles. The Morgan fingerprint density at radius 1 is 1.42 bits per heavy atom. The van der Waals surface area contributed by atoms with Gasteiger partial charge < -0.3 is 0 Å². The van der Waals surface area contributed by atoms with E-state index in [1.165, 1.54) is 37.5 Å². The average molecular weight is 190 g/mol. The third kappa shape index (κ3) is 3.18. The molecule has 1 unspecified atom stereocenters. The maximum Gasteiger partial charge on any atom is 0.00976 e. The first-order chi connectivity index (χ1) is 5.64. The Morgan fingerprint density at radius 2 is 2.00 bits per heavy atom. The first-order valence-corrected chi connectivity index (χ1v) is 6.89. The highest BCUT2D eigenvalue weighted by Crippen LogP contribution is 2.50. The van der Waals surface area contributed by atoms with Crippen molar-refractivity contribution in [2.45, 2.75) is 32.1 Å². The zero-order valence-electron chi connectivity index (χ0n) is 7.89. The van der Waals surface area contributed by atoms with Crippen molar-refractivity contribution in [3.8, 4) is 0 Å². The van der Waals surface area contributed by atoms with Crippen LogP contribution >= 0.6 is 10.4 Å².